The Balaban J connectivity index is 1.45. The fourth-order valence-electron chi connectivity index (χ4n) is 4.20. The molecule has 0 aromatic rings. The van der Waals surface area contributed by atoms with Gasteiger partial charge < -0.3 is 16.0 Å². The Morgan fingerprint density at radius 1 is 1.04 bits per heavy atom. The third kappa shape index (κ3) is 4.87. The van der Waals surface area contributed by atoms with Gasteiger partial charge in [0.1, 0.15) is 0 Å². The lowest BCUT2D eigenvalue weighted by molar-refractivity contribution is -0.126. The Kier molecular flexibility index (Phi) is 5.67. The fourth-order valence-corrected chi connectivity index (χ4v) is 4.20. The number of carbonyl (C=O) groups is 1. The van der Waals surface area contributed by atoms with Crippen molar-refractivity contribution in [2.45, 2.75) is 83.2 Å². The number of aliphatic imine (C=N–C) groups is 1. The topological polar surface area (TPSA) is 65.5 Å². The van der Waals surface area contributed by atoms with Crippen LogP contribution in [0.2, 0.25) is 0 Å². The van der Waals surface area contributed by atoms with Crippen molar-refractivity contribution in [1.82, 2.24) is 16.0 Å². The average Bonchev–Trinajstić information content (AvgIpc) is 3.30. The van der Waals surface area contributed by atoms with Crippen LogP contribution in [0.3, 0.4) is 0 Å². The summed E-state index contributed by atoms with van der Waals surface area (Å²) < 4.78 is 0. The Labute approximate surface area is 146 Å². The fraction of sp³-hybridized carbons (Fsp3) is 0.895. The summed E-state index contributed by atoms with van der Waals surface area (Å²) in [4.78, 5) is 16.7. The van der Waals surface area contributed by atoms with E-state index in [-0.39, 0.29) is 11.8 Å². The van der Waals surface area contributed by atoms with Crippen LogP contribution in [0.15, 0.2) is 4.99 Å². The van der Waals surface area contributed by atoms with Gasteiger partial charge in [-0.2, -0.15) is 0 Å². The molecule has 0 radical (unpaired) electrons. The van der Waals surface area contributed by atoms with E-state index in [0.29, 0.717) is 17.5 Å². The number of carbonyl (C=O) groups excluding carboxylic acids is 1. The van der Waals surface area contributed by atoms with Crippen LogP contribution in [0.1, 0.15) is 71.1 Å². The van der Waals surface area contributed by atoms with Crippen LogP contribution in [0.25, 0.3) is 0 Å². The van der Waals surface area contributed by atoms with Crippen LogP contribution in [0, 0.1) is 11.3 Å². The first-order valence-electron chi connectivity index (χ1n) is 9.85. The monoisotopic (exact) mass is 334 g/mol. The van der Waals surface area contributed by atoms with Crippen LogP contribution >= 0.6 is 0 Å². The largest absolute Gasteiger partial charge is 0.356 e. The molecule has 2 atom stereocenters. The van der Waals surface area contributed by atoms with Crippen LogP contribution < -0.4 is 16.0 Å². The molecule has 0 aliphatic heterocycles. The average molecular weight is 335 g/mol. The van der Waals surface area contributed by atoms with Gasteiger partial charge in [0.15, 0.2) is 5.96 Å². The van der Waals surface area contributed by atoms with Gasteiger partial charge in [0.2, 0.25) is 5.91 Å². The van der Waals surface area contributed by atoms with Gasteiger partial charge in [-0.1, -0.05) is 26.2 Å². The molecule has 0 spiro atoms. The van der Waals surface area contributed by atoms with E-state index in [0.717, 1.165) is 51.0 Å². The van der Waals surface area contributed by atoms with E-state index in [2.05, 4.69) is 27.9 Å². The molecule has 136 valence electrons. The van der Waals surface area contributed by atoms with Gasteiger partial charge in [-0.15, -0.1) is 0 Å². The van der Waals surface area contributed by atoms with Crippen LogP contribution in [-0.2, 0) is 4.79 Å². The van der Waals surface area contributed by atoms with Crippen molar-refractivity contribution in [3.63, 3.8) is 0 Å². The molecule has 5 nitrogen and oxygen atoms in total. The van der Waals surface area contributed by atoms with E-state index in [1.165, 1.54) is 25.7 Å². The SMILES string of the molecule is CN=C(NCC1(C)CCCC1)NC1CCCC(C(=O)NC2CC2)C1. The van der Waals surface area contributed by atoms with Crippen LogP contribution in [0.4, 0.5) is 0 Å². The highest BCUT2D eigenvalue weighted by Gasteiger charge is 2.32. The highest BCUT2D eigenvalue weighted by molar-refractivity contribution is 5.81. The van der Waals surface area contributed by atoms with Crippen molar-refractivity contribution in [2.75, 3.05) is 13.6 Å². The molecular formula is C19H34N4O. The Bertz CT molecular complexity index is 466. The maximum absolute atomic E-state index is 12.3. The molecule has 3 rings (SSSR count). The number of hydrogen-bond acceptors (Lipinski definition) is 2. The minimum Gasteiger partial charge on any atom is -0.356 e. The van der Waals surface area contributed by atoms with E-state index in [1.807, 2.05) is 7.05 Å². The minimum absolute atomic E-state index is 0.169. The Hall–Kier alpha value is -1.26. The summed E-state index contributed by atoms with van der Waals surface area (Å²) in [5, 5.41) is 10.2. The first-order chi connectivity index (χ1) is 11.6. The van der Waals surface area contributed by atoms with Crippen molar-refractivity contribution >= 4 is 11.9 Å². The molecular weight excluding hydrogens is 300 g/mol. The second kappa shape index (κ2) is 7.75. The first kappa shape index (κ1) is 17.6. The number of guanidine groups is 1. The van der Waals surface area contributed by atoms with E-state index in [4.69, 9.17) is 0 Å². The van der Waals surface area contributed by atoms with Gasteiger partial charge in [0.25, 0.3) is 0 Å². The van der Waals surface area contributed by atoms with Gasteiger partial charge in [0, 0.05) is 31.6 Å². The minimum atomic E-state index is 0.169. The third-order valence-electron chi connectivity index (χ3n) is 6.03. The third-order valence-corrected chi connectivity index (χ3v) is 6.03. The molecule has 5 heteroatoms. The van der Waals surface area contributed by atoms with Crippen molar-refractivity contribution in [2.24, 2.45) is 16.3 Å². The van der Waals surface area contributed by atoms with Crippen LogP contribution in [0.5, 0.6) is 0 Å². The summed E-state index contributed by atoms with van der Waals surface area (Å²) in [6.07, 6.45) is 11.9. The summed E-state index contributed by atoms with van der Waals surface area (Å²) in [6.45, 7) is 3.37. The molecule has 0 saturated heterocycles. The maximum atomic E-state index is 12.3. The van der Waals surface area contributed by atoms with Gasteiger partial charge in [-0.25, -0.2) is 0 Å². The maximum Gasteiger partial charge on any atom is 0.223 e. The molecule has 0 bridgehead atoms. The molecule has 0 aromatic heterocycles. The van der Waals surface area contributed by atoms with Gasteiger partial charge in [-0.3, -0.25) is 9.79 Å². The zero-order valence-electron chi connectivity index (χ0n) is 15.4. The predicted molar refractivity (Wildman–Crippen MR) is 98.0 cm³/mol. The number of hydrogen-bond donors (Lipinski definition) is 3. The molecule has 24 heavy (non-hydrogen) atoms. The summed E-state index contributed by atoms with van der Waals surface area (Å²) in [7, 11) is 1.84. The smallest absolute Gasteiger partial charge is 0.223 e. The summed E-state index contributed by atoms with van der Waals surface area (Å²) >= 11 is 0. The Morgan fingerprint density at radius 3 is 2.46 bits per heavy atom. The quantitative estimate of drug-likeness (QED) is 0.535. The highest BCUT2D eigenvalue weighted by Crippen LogP contribution is 2.36. The van der Waals surface area contributed by atoms with Gasteiger partial charge in [-0.05, 0) is 50.4 Å². The summed E-state index contributed by atoms with van der Waals surface area (Å²) in [5.74, 6) is 1.34. The van der Waals surface area contributed by atoms with Crippen molar-refractivity contribution < 1.29 is 4.79 Å². The standard InChI is InChI=1S/C19H34N4O/c1-19(10-3-4-11-19)13-21-18(20-2)23-16-7-5-6-14(12-16)17(24)22-15-8-9-15/h14-16H,3-13H2,1-2H3,(H,22,24)(H2,20,21,23). The zero-order chi connectivity index (χ0) is 17.0. The lowest BCUT2D eigenvalue weighted by atomic mass is 9.85. The van der Waals surface area contributed by atoms with Crippen molar-refractivity contribution in [3.05, 3.63) is 0 Å². The summed E-state index contributed by atoms with van der Waals surface area (Å²) in [5.41, 5.74) is 0.414. The molecule has 3 saturated carbocycles. The molecule has 3 N–H and O–H groups in total. The lowest BCUT2D eigenvalue weighted by Gasteiger charge is -2.31. The number of nitrogens with zero attached hydrogens (tertiary/aromatic N) is 1. The van der Waals surface area contributed by atoms with E-state index >= 15 is 0 Å². The number of nitrogens with one attached hydrogen (secondary N) is 3. The second-order valence-corrected chi connectivity index (χ2v) is 8.43. The molecule has 3 aliphatic carbocycles. The molecule has 1 amide bonds. The zero-order valence-corrected chi connectivity index (χ0v) is 15.4. The van der Waals surface area contributed by atoms with E-state index in [1.54, 1.807) is 0 Å². The van der Waals surface area contributed by atoms with Gasteiger partial charge >= 0.3 is 0 Å². The Morgan fingerprint density at radius 2 is 1.79 bits per heavy atom. The molecule has 3 fully saturated rings. The number of amides is 1. The molecule has 0 aromatic carbocycles. The van der Waals surface area contributed by atoms with E-state index < -0.39 is 0 Å². The molecule has 3 aliphatic rings. The van der Waals surface area contributed by atoms with Crippen molar-refractivity contribution in [3.8, 4) is 0 Å². The van der Waals surface area contributed by atoms with E-state index in [9.17, 15) is 4.79 Å². The summed E-state index contributed by atoms with van der Waals surface area (Å²) in [6, 6.07) is 0.823. The second-order valence-electron chi connectivity index (χ2n) is 8.43. The lowest BCUT2D eigenvalue weighted by Crippen LogP contribution is -2.49. The van der Waals surface area contributed by atoms with Crippen molar-refractivity contribution in [1.29, 1.82) is 0 Å². The molecule has 2 unspecified atom stereocenters. The normalized spacial score (nSPS) is 30.0. The highest BCUT2D eigenvalue weighted by atomic mass is 16.2. The van der Waals surface area contributed by atoms with Gasteiger partial charge in [0.05, 0.1) is 0 Å². The van der Waals surface area contributed by atoms with Crippen LogP contribution in [-0.4, -0.2) is 37.5 Å². The number of rotatable bonds is 5. The predicted octanol–water partition coefficient (Wildman–Crippen LogP) is 2.57. The first-order valence-corrected chi connectivity index (χ1v) is 9.85. The molecule has 0 heterocycles.